The monoisotopic (exact) mass is 343 g/mol. The molecule has 0 heterocycles. The minimum absolute atomic E-state index is 0.317. The fraction of sp³-hybridized carbons (Fsp3) is 0.222. The largest absolute Gasteiger partial charge is 0.496 e. The van der Waals surface area contributed by atoms with Crippen LogP contribution in [0.25, 0.3) is 0 Å². The predicted octanol–water partition coefficient (Wildman–Crippen LogP) is 3.50. The summed E-state index contributed by atoms with van der Waals surface area (Å²) in [6, 6.07) is 12.1. The standard InChI is InChI=1S/C18H21N3O4/c1-12-10-13(4-9-16(12)24-2)11-19-17(22)20-14-5-7-15(8-6-14)21-18(23)25-3/h4-10H,11H2,1-3H3,(H,21,23)(H2,19,20,22). The van der Waals surface area contributed by atoms with Gasteiger partial charge >= 0.3 is 12.1 Å². The topological polar surface area (TPSA) is 88.7 Å². The number of hydrogen-bond donors (Lipinski definition) is 3. The van der Waals surface area contributed by atoms with Gasteiger partial charge in [0, 0.05) is 17.9 Å². The van der Waals surface area contributed by atoms with Crippen LogP contribution in [-0.2, 0) is 11.3 Å². The summed E-state index contributed by atoms with van der Waals surface area (Å²) in [5, 5.41) is 8.05. The van der Waals surface area contributed by atoms with Crippen molar-refractivity contribution in [1.82, 2.24) is 5.32 Å². The molecule has 2 aromatic rings. The number of benzene rings is 2. The SMILES string of the molecule is COC(=O)Nc1ccc(NC(=O)NCc2ccc(OC)c(C)c2)cc1. The average molecular weight is 343 g/mol. The molecule has 132 valence electrons. The Balaban J connectivity index is 1.85. The van der Waals surface area contributed by atoms with E-state index in [0.29, 0.717) is 17.9 Å². The quantitative estimate of drug-likeness (QED) is 0.775. The van der Waals surface area contributed by atoms with Crippen molar-refractivity contribution in [3.63, 3.8) is 0 Å². The lowest BCUT2D eigenvalue weighted by Gasteiger charge is -2.10. The smallest absolute Gasteiger partial charge is 0.411 e. The van der Waals surface area contributed by atoms with E-state index < -0.39 is 6.09 Å². The van der Waals surface area contributed by atoms with Crippen molar-refractivity contribution in [2.75, 3.05) is 24.9 Å². The maximum atomic E-state index is 12.0. The first-order chi connectivity index (χ1) is 12.0. The molecule has 0 spiro atoms. The number of urea groups is 1. The zero-order valence-electron chi connectivity index (χ0n) is 14.4. The van der Waals surface area contributed by atoms with Crippen LogP contribution in [0.5, 0.6) is 5.75 Å². The third kappa shape index (κ3) is 5.42. The molecule has 0 bridgehead atoms. The van der Waals surface area contributed by atoms with Gasteiger partial charge in [-0.3, -0.25) is 5.32 Å². The molecule has 7 nitrogen and oxygen atoms in total. The van der Waals surface area contributed by atoms with Gasteiger partial charge in [-0.25, -0.2) is 9.59 Å². The predicted molar refractivity (Wildman–Crippen MR) is 96.1 cm³/mol. The molecule has 2 aromatic carbocycles. The zero-order valence-corrected chi connectivity index (χ0v) is 14.4. The van der Waals surface area contributed by atoms with Crippen LogP contribution in [0.1, 0.15) is 11.1 Å². The van der Waals surface area contributed by atoms with Crippen LogP contribution in [0.15, 0.2) is 42.5 Å². The Hall–Kier alpha value is -3.22. The Morgan fingerprint density at radius 2 is 1.60 bits per heavy atom. The number of carbonyl (C=O) groups excluding carboxylic acids is 2. The number of anilines is 2. The first kappa shape index (κ1) is 18.1. The highest BCUT2D eigenvalue weighted by molar-refractivity contribution is 5.90. The molecule has 7 heteroatoms. The summed E-state index contributed by atoms with van der Waals surface area (Å²) >= 11 is 0. The summed E-state index contributed by atoms with van der Waals surface area (Å²) in [5.41, 5.74) is 3.17. The van der Waals surface area contributed by atoms with E-state index in [-0.39, 0.29) is 6.03 Å². The van der Waals surface area contributed by atoms with E-state index >= 15 is 0 Å². The second-order valence-electron chi connectivity index (χ2n) is 5.31. The van der Waals surface area contributed by atoms with Crippen molar-refractivity contribution in [3.8, 4) is 5.75 Å². The number of nitrogens with one attached hydrogen (secondary N) is 3. The second-order valence-corrected chi connectivity index (χ2v) is 5.31. The van der Waals surface area contributed by atoms with Gasteiger partial charge in [0.15, 0.2) is 0 Å². The van der Waals surface area contributed by atoms with Gasteiger partial charge in [0.05, 0.1) is 14.2 Å². The van der Waals surface area contributed by atoms with E-state index in [0.717, 1.165) is 16.9 Å². The van der Waals surface area contributed by atoms with Crippen LogP contribution in [0.4, 0.5) is 21.0 Å². The molecule has 3 N–H and O–H groups in total. The number of ether oxygens (including phenoxy) is 2. The number of rotatable bonds is 5. The minimum atomic E-state index is -0.548. The molecule has 25 heavy (non-hydrogen) atoms. The summed E-state index contributed by atoms with van der Waals surface area (Å²) in [4.78, 5) is 23.1. The van der Waals surface area contributed by atoms with Crippen molar-refractivity contribution in [2.45, 2.75) is 13.5 Å². The summed E-state index contributed by atoms with van der Waals surface area (Å²) in [5.74, 6) is 0.814. The number of carbonyl (C=O) groups is 2. The average Bonchev–Trinajstić information content (AvgIpc) is 2.61. The Kier molecular flexibility index (Phi) is 6.22. The summed E-state index contributed by atoms with van der Waals surface area (Å²) in [6.07, 6.45) is -0.548. The lowest BCUT2D eigenvalue weighted by molar-refractivity contribution is 0.187. The Bertz CT molecular complexity index is 744. The minimum Gasteiger partial charge on any atom is -0.496 e. The molecular weight excluding hydrogens is 322 g/mol. The summed E-state index contributed by atoms with van der Waals surface area (Å²) in [6.45, 7) is 2.35. The summed E-state index contributed by atoms with van der Waals surface area (Å²) < 4.78 is 9.72. The van der Waals surface area contributed by atoms with E-state index in [1.807, 2.05) is 25.1 Å². The van der Waals surface area contributed by atoms with E-state index in [1.54, 1.807) is 31.4 Å². The highest BCUT2D eigenvalue weighted by Crippen LogP contribution is 2.18. The highest BCUT2D eigenvalue weighted by Gasteiger charge is 2.05. The van der Waals surface area contributed by atoms with Crippen LogP contribution in [0.3, 0.4) is 0 Å². The van der Waals surface area contributed by atoms with Crippen molar-refractivity contribution in [1.29, 1.82) is 0 Å². The van der Waals surface area contributed by atoms with Gasteiger partial charge < -0.3 is 20.1 Å². The lowest BCUT2D eigenvalue weighted by atomic mass is 10.1. The van der Waals surface area contributed by atoms with Crippen molar-refractivity contribution in [3.05, 3.63) is 53.6 Å². The van der Waals surface area contributed by atoms with Gasteiger partial charge in [-0.05, 0) is 48.4 Å². The van der Waals surface area contributed by atoms with Gasteiger partial charge in [0.2, 0.25) is 0 Å². The zero-order chi connectivity index (χ0) is 18.2. The molecule has 0 fully saturated rings. The maximum Gasteiger partial charge on any atom is 0.411 e. The third-order valence-electron chi connectivity index (χ3n) is 3.49. The molecule has 0 saturated heterocycles. The van der Waals surface area contributed by atoms with Gasteiger partial charge in [-0.15, -0.1) is 0 Å². The van der Waals surface area contributed by atoms with Crippen LogP contribution < -0.4 is 20.7 Å². The van der Waals surface area contributed by atoms with E-state index in [4.69, 9.17) is 4.74 Å². The van der Waals surface area contributed by atoms with Crippen molar-refractivity contribution < 1.29 is 19.1 Å². The first-order valence-corrected chi connectivity index (χ1v) is 7.65. The summed E-state index contributed by atoms with van der Waals surface area (Å²) in [7, 11) is 2.92. The Morgan fingerprint density at radius 3 is 2.16 bits per heavy atom. The molecule has 3 amide bonds. The Labute approximate surface area is 146 Å². The molecule has 0 radical (unpaired) electrons. The highest BCUT2D eigenvalue weighted by atomic mass is 16.5. The maximum absolute atomic E-state index is 12.0. The molecule has 0 aromatic heterocycles. The normalized spacial score (nSPS) is 9.88. The van der Waals surface area contributed by atoms with Gasteiger partial charge in [-0.2, -0.15) is 0 Å². The van der Waals surface area contributed by atoms with E-state index in [1.165, 1.54) is 7.11 Å². The van der Waals surface area contributed by atoms with Crippen LogP contribution in [-0.4, -0.2) is 26.3 Å². The fourth-order valence-corrected chi connectivity index (χ4v) is 2.21. The van der Waals surface area contributed by atoms with Crippen LogP contribution in [0.2, 0.25) is 0 Å². The lowest BCUT2D eigenvalue weighted by Crippen LogP contribution is -2.28. The van der Waals surface area contributed by atoms with Crippen LogP contribution >= 0.6 is 0 Å². The number of methoxy groups -OCH3 is 2. The molecule has 0 aliphatic heterocycles. The molecule has 0 aliphatic carbocycles. The molecule has 2 rings (SSSR count). The molecule has 0 unspecified atom stereocenters. The van der Waals surface area contributed by atoms with Gasteiger partial charge in [0.1, 0.15) is 5.75 Å². The Morgan fingerprint density at radius 1 is 0.960 bits per heavy atom. The molecule has 0 aliphatic rings. The number of hydrogen-bond acceptors (Lipinski definition) is 4. The van der Waals surface area contributed by atoms with Crippen LogP contribution in [0, 0.1) is 6.92 Å². The number of aryl methyl sites for hydroxylation is 1. The van der Waals surface area contributed by atoms with E-state index in [2.05, 4.69) is 20.7 Å². The fourth-order valence-electron chi connectivity index (χ4n) is 2.21. The van der Waals surface area contributed by atoms with Gasteiger partial charge in [0.25, 0.3) is 0 Å². The molecular formula is C18H21N3O4. The molecule has 0 saturated carbocycles. The number of amides is 3. The van der Waals surface area contributed by atoms with E-state index in [9.17, 15) is 9.59 Å². The third-order valence-corrected chi connectivity index (χ3v) is 3.49. The van der Waals surface area contributed by atoms with Gasteiger partial charge in [-0.1, -0.05) is 12.1 Å². The second kappa shape index (κ2) is 8.58. The van der Waals surface area contributed by atoms with Crippen molar-refractivity contribution >= 4 is 23.5 Å². The first-order valence-electron chi connectivity index (χ1n) is 7.65. The molecule has 0 atom stereocenters. The van der Waals surface area contributed by atoms with Crippen molar-refractivity contribution in [2.24, 2.45) is 0 Å².